The van der Waals surface area contributed by atoms with E-state index in [4.69, 9.17) is 0 Å². The zero-order valence-corrected chi connectivity index (χ0v) is 13.6. The van der Waals surface area contributed by atoms with Crippen LogP contribution in [-0.2, 0) is 0 Å². The monoisotopic (exact) mass is 268 g/mol. The summed E-state index contributed by atoms with van der Waals surface area (Å²) >= 11 is 0. The van der Waals surface area contributed by atoms with Gasteiger partial charge >= 0.3 is 0 Å². The Morgan fingerprint density at radius 3 is 2.37 bits per heavy atom. The molecule has 0 aliphatic rings. The first-order chi connectivity index (χ1) is 9.20. The molecule has 0 aliphatic carbocycles. The van der Waals surface area contributed by atoms with Crippen LogP contribution in [0.5, 0.6) is 0 Å². The van der Waals surface area contributed by atoms with Crippen LogP contribution in [0.2, 0.25) is 0 Å². The van der Waals surface area contributed by atoms with Crippen molar-refractivity contribution in [3.63, 3.8) is 0 Å². The topological polar surface area (TPSA) is 24.1 Å². The summed E-state index contributed by atoms with van der Waals surface area (Å²) in [7, 11) is 2.03. The summed E-state index contributed by atoms with van der Waals surface area (Å²) in [4.78, 5) is 0. The Morgan fingerprint density at radius 1 is 1.00 bits per heavy atom. The van der Waals surface area contributed by atoms with Crippen LogP contribution in [0.15, 0.2) is 12.3 Å². The Labute approximate surface area is 121 Å². The third-order valence-electron chi connectivity index (χ3n) is 3.76. The highest BCUT2D eigenvalue weighted by Crippen LogP contribution is 2.09. The molecule has 2 N–H and O–H groups in total. The van der Waals surface area contributed by atoms with Crippen molar-refractivity contribution < 1.29 is 0 Å². The summed E-state index contributed by atoms with van der Waals surface area (Å²) in [5, 5.41) is 6.74. The SMILES string of the molecule is C=C(CCCCCCCC)NCCCCC(C)NC. The van der Waals surface area contributed by atoms with E-state index in [1.54, 1.807) is 0 Å². The fraction of sp³-hybridized carbons (Fsp3) is 0.882. The predicted octanol–water partition coefficient (Wildman–Crippen LogP) is 4.62. The molecule has 19 heavy (non-hydrogen) atoms. The van der Waals surface area contributed by atoms with Crippen LogP contribution >= 0.6 is 0 Å². The first-order valence-electron chi connectivity index (χ1n) is 8.29. The number of unbranched alkanes of at least 4 members (excludes halogenated alkanes) is 6. The second-order valence-corrected chi connectivity index (χ2v) is 5.73. The van der Waals surface area contributed by atoms with Gasteiger partial charge < -0.3 is 10.6 Å². The summed E-state index contributed by atoms with van der Waals surface area (Å²) in [5.74, 6) is 0. The van der Waals surface area contributed by atoms with E-state index < -0.39 is 0 Å². The molecule has 0 fully saturated rings. The molecule has 0 aliphatic heterocycles. The Hall–Kier alpha value is -0.500. The zero-order chi connectivity index (χ0) is 14.3. The quantitative estimate of drug-likeness (QED) is 0.449. The van der Waals surface area contributed by atoms with Gasteiger partial charge in [-0.2, -0.15) is 0 Å². The van der Waals surface area contributed by atoms with Gasteiger partial charge in [0, 0.05) is 18.3 Å². The minimum absolute atomic E-state index is 0.645. The van der Waals surface area contributed by atoms with Gasteiger partial charge in [0.2, 0.25) is 0 Å². The Kier molecular flexibility index (Phi) is 13.6. The average Bonchev–Trinajstić information content (AvgIpc) is 2.42. The minimum atomic E-state index is 0.645. The van der Waals surface area contributed by atoms with Crippen molar-refractivity contribution in [3.05, 3.63) is 12.3 Å². The van der Waals surface area contributed by atoms with Crippen LogP contribution < -0.4 is 10.6 Å². The molecule has 0 saturated heterocycles. The van der Waals surface area contributed by atoms with Crippen LogP contribution in [0, 0.1) is 0 Å². The van der Waals surface area contributed by atoms with E-state index >= 15 is 0 Å². The van der Waals surface area contributed by atoms with Crippen LogP contribution in [0.4, 0.5) is 0 Å². The fourth-order valence-corrected chi connectivity index (χ4v) is 2.19. The molecule has 1 unspecified atom stereocenters. The largest absolute Gasteiger partial charge is 0.389 e. The predicted molar refractivity (Wildman–Crippen MR) is 87.5 cm³/mol. The molecule has 0 aromatic carbocycles. The zero-order valence-electron chi connectivity index (χ0n) is 13.6. The summed E-state index contributed by atoms with van der Waals surface area (Å²) in [5.41, 5.74) is 1.23. The van der Waals surface area contributed by atoms with Crippen molar-refractivity contribution in [2.45, 2.75) is 84.1 Å². The second-order valence-electron chi connectivity index (χ2n) is 5.73. The van der Waals surface area contributed by atoms with E-state index in [2.05, 4.69) is 31.1 Å². The molecule has 0 aromatic heterocycles. The molecule has 0 heterocycles. The molecular formula is C17H36N2. The van der Waals surface area contributed by atoms with Crippen molar-refractivity contribution in [2.75, 3.05) is 13.6 Å². The first-order valence-corrected chi connectivity index (χ1v) is 8.29. The highest BCUT2D eigenvalue weighted by molar-refractivity contribution is 4.90. The highest BCUT2D eigenvalue weighted by atomic mass is 14.9. The van der Waals surface area contributed by atoms with E-state index in [0.717, 1.165) is 13.0 Å². The number of rotatable bonds is 14. The standard InChI is InChI=1S/C17H36N2/c1-5-6-7-8-9-10-14-17(3)19-15-12-11-13-16(2)18-4/h16,18-19H,3,5-15H2,1-2,4H3. The van der Waals surface area contributed by atoms with Gasteiger partial charge in [0.1, 0.15) is 0 Å². The molecule has 0 spiro atoms. The normalized spacial score (nSPS) is 12.4. The molecule has 114 valence electrons. The summed E-state index contributed by atoms with van der Waals surface area (Å²) in [6, 6.07) is 0.645. The highest BCUT2D eigenvalue weighted by Gasteiger charge is 1.98. The molecule has 0 bridgehead atoms. The Morgan fingerprint density at radius 2 is 1.68 bits per heavy atom. The summed E-state index contributed by atoms with van der Waals surface area (Å²) in [6.45, 7) is 9.71. The van der Waals surface area contributed by atoms with E-state index in [1.807, 2.05) is 7.05 Å². The Balaban J connectivity index is 3.21. The van der Waals surface area contributed by atoms with Gasteiger partial charge in [-0.15, -0.1) is 0 Å². The third-order valence-corrected chi connectivity index (χ3v) is 3.76. The number of hydrogen-bond acceptors (Lipinski definition) is 2. The lowest BCUT2D eigenvalue weighted by Gasteiger charge is -2.11. The fourth-order valence-electron chi connectivity index (χ4n) is 2.19. The molecule has 0 aromatic rings. The average molecular weight is 268 g/mol. The first kappa shape index (κ1) is 18.5. The maximum absolute atomic E-state index is 4.11. The Bertz CT molecular complexity index is 201. The maximum atomic E-state index is 4.11. The molecule has 2 nitrogen and oxygen atoms in total. The number of nitrogens with one attached hydrogen (secondary N) is 2. The molecule has 2 heteroatoms. The van der Waals surface area contributed by atoms with E-state index in [-0.39, 0.29) is 0 Å². The lowest BCUT2D eigenvalue weighted by molar-refractivity contribution is 0.520. The third kappa shape index (κ3) is 13.7. The van der Waals surface area contributed by atoms with E-state index in [9.17, 15) is 0 Å². The minimum Gasteiger partial charge on any atom is -0.389 e. The van der Waals surface area contributed by atoms with Crippen molar-refractivity contribution in [3.8, 4) is 0 Å². The van der Waals surface area contributed by atoms with Gasteiger partial charge in [-0.25, -0.2) is 0 Å². The van der Waals surface area contributed by atoms with Gasteiger partial charge in [0.15, 0.2) is 0 Å². The van der Waals surface area contributed by atoms with Gasteiger partial charge in [-0.1, -0.05) is 52.0 Å². The van der Waals surface area contributed by atoms with E-state index in [1.165, 1.54) is 63.5 Å². The molecule has 1 atom stereocenters. The van der Waals surface area contributed by atoms with Crippen molar-refractivity contribution >= 4 is 0 Å². The van der Waals surface area contributed by atoms with Crippen molar-refractivity contribution in [1.82, 2.24) is 10.6 Å². The van der Waals surface area contributed by atoms with Crippen molar-refractivity contribution in [1.29, 1.82) is 0 Å². The van der Waals surface area contributed by atoms with Gasteiger partial charge in [-0.3, -0.25) is 0 Å². The smallest absolute Gasteiger partial charge is 0.0143 e. The van der Waals surface area contributed by atoms with Crippen LogP contribution in [0.1, 0.15) is 78.1 Å². The van der Waals surface area contributed by atoms with Gasteiger partial charge in [-0.05, 0) is 39.7 Å². The van der Waals surface area contributed by atoms with Crippen LogP contribution in [-0.4, -0.2) is 19.6 Å². The van der Waals surface area contributed by atoms with Crippen LogP contribution in [0.3, 0.4) is 0 Å². The lowest BCUT2D eigenvalue weighted by Crippen LogP contribution is -2.21. The van der Waals surface area contributed by atoms with Gasteiger partial charge in [0.05, 0.1) is 0 Å². The van der Waals surface area contributed by atoms with E-state index in [0.29, 0.717) is 6.04 Å². The molecule has 0 rings (SSSR count). The van der Waals surface area contributed by atoms with Gasteiger partial charge in [0.25, 0.3) is 0 Å². The maximum Gasteiger partial charge on any atom is 0.0143 e. The lowest BCUT2D eigenvalue weighted by atomic mass is 10.1. The number of allylic oxidation sites excluding steroid dienone is 1. The molecule has 0 amide bonds. The summed E-state index contributed by atoms with van der Waals surface area (Å²) < 4.78 is 0. The second kappa shape index (κ2) is 13.9. The summed E-state index contributed by atoms with van der Waals surface area (Å²) in [6.07, 6.45) is 13.1. The molecule has 0 radical (unpaired) electrons. The molecule has 0 saturated carbocycles. The van der Waals surface area contributed by atoms with Crippen molar-refractivity contribution in [2.24, 2.45) is 0 Å². The van der Waals surface area contributed by atoms with Crippen LogP contribution in [0.25, 0.3) is 0 Å². The molecular weight excluding hydrogens is 232 g/mol. The number of hydrogen-bond donors (Lipinski definition) is 2.